The number of morpholine rings is 1. The Labute approximate surface area is 158 Å². The molecule has 0 unspecified atom stereocenters. The smallest absolute Gasteiger partial charge is 0.244 e. The molecule has 0 saturated carbocycles. The van der Waals surface area contributed by atoms with Gasteiger partial charge in [-0.3, -0.25) is 9.48 Å². The van der Waals surface area contributed by atoms with Crippen molar-refractivity contribution in [3.05, 3.63) is 65.7 Å². The number of aromatic nitrogens is 4. The predicted molar refractivity (Wildman–Crippen MR) is 101 cm³/mol. The Hall–Kier alpha value is -2.93. The lowest BCUT2D eigenvalue weighted by molar-refractivity contribution is -0.141. The number of aryl methyl sites for hydroxylation is 1. The van der Waals surface area contributed by atoms with Crippen molar-refractivity contribution < 1.29 is 9.53 Å². The van der Waals surface area contributed by atoms with E-state index in [0.29, 0.717) is 19.8 Å². The third kappa shape index (κ3) is 3.38. The second-order valence-electron chi connectivity index (χ2n) is 6.71. The van der Waals surface area contributed by atoms with Gasteiger partial charge in [-0.2, -0.15) is 10.2 Å². The predicted octanol–water partition coefficient (Wildman–Crippen LogP) is 2.29. The number of carbonyl (C=O) groups excluding carboxylic acids is 1. The minimum Gasteiger partial charge on any atom is -0.377 e. The van der Waals surface area contributed by atoms with E-state index in [1.807, 2.05) is 59.8 Å². The van der Waals surface area contributed by atoms with Crippen LogP contribution in [0, 0.1) is 13.8 Å². The summed E-state index contributed by atoms with van der Waals surface area (Å²) < 4.78 is 9.32. The summed E-state index contributed by atoms with van der Waals surface area (Å²) in [4.78, 5) is 14.8. The van der Waals surface area contributed by atoms with Gasteiger partial charge in [0.1, 0.15) is 6.54 Å². The first-order chi connectivity index (χ1) is 13.1. The van der Waals surface area contributed by atoms with Gasteiger partial charge >= 0.3 is 0 Å². The molecule has 1 aliphatic heterocycles. The summed E-state index contributed by atoms with van der Waals surface area (Å²) in [5.74, 6) is 0.0401. The van der Waals surface area contributed by atoms with E-state index < -0.39 is 0 Å². The molecule has 1 aliphatic rings. The van der Waals surface area contributed by atoms with Crippen LogP contribution in [0.1, 0.15) is 23.0 Å². The van der Waals surface area contributed by atoms with Gasteiger partial charge in [0.15, 0.2) is 0 Å². The van der Waals surface area contributed by atoms with E-state index in [1.165, 1.54) is 0 Å². The summed E-state index contributed by atoms with van der Waals surface area (Å²) in [6.45, 7) is 5.87. The van der Waals surface area contributed by atoms with E-state index in [2.05, 4.69) is 5.10 Å². The molecule has 0 N–H and O–H groups in total. The number of para-hydroxylation sites is 1. The van der Waals surface area contributed by atoms with Crippen LogP contribution < -0.4 is 0 Å². The molecule has 1 fully saturated rings. The summed E-state index contributed by atoms with van der Waals surface area (Å²) in [6, 6.07) is 11.7. The van der Waals surface area contributed by atoms with Gasteiger partial charge in [-0.15, -0.1) is 0 Å². The average Bonchev–Trinajstić information content (AvgIpc) is 3.30. The van der Waals surface area contributed by atoms with Crippen molar-refractivity contribution in [3.8, 4) is 5.69 Å². The molecule has 1 aromatic carbocycles. The third-order valence-corrected chi connectivity index (χ3v) is 4.99. The number of nitrogens with zero attached hydrogens (tertiary/aromatic N) is 5. The van der Waals surface area contributed by atoms with E-state index in [0.717, 1.165) is 22.6 Å². The Balaban J connectivity index is 1.66. The number of ether oxygens (including phenoxy) is 1. The molecule has 27 heavy (non-hydrogen) atoms. The summed E-state index contributed by atoms with van der Waals surface area (Å²) in [6.07, 6.45) is 3.49. The number of rotatable bonds is 4. The SMILES string of the molecule is Cc1nn(-c2ccccc2)c(C)c1[C@@H]1COCCN1C(=O)Cn1cccn1. The Morgan fingerprint density at radius 1 is 1.22 bits per heavy atom. The summed E-state index contributed by atoms with van der Waals surface area (Å²) in [5, 5.41) is 8.88. The summed E-state index contributed by atoms with van der Waals surface area (Å²) in [5.41, 5.74) is 4.03. The van der Waals surface area contributed by atoms with Crippen molar-refractivity contribution in [2.45, 2.75) is 26.4 Å². The highest BCUT2D eigenvalue weighted by molar-refractivity contribution is 5.76. The first-order valence-electron chi connectivity index (χ1n) is 9.11. The van der Waals surface area contributed by atoms with Crippen LogP contribution in [0.25, 0.3) is 5.69 Å². The van der Waals surface area contributed by atoms with Gasteiger partial charge in [-0.1, -0.05) is 18.2 Å². The second-order valence-corrected chi connectivity index (χ2v) is 6.71. The third-order valence-electron chi connectivity index (χ3n) is 4.99. The minimum atomic E-state index is -0.140. The first kappa shape index (κ1) is 17.5. The molecular formula is C20H23N5O2. The highest BCUT2D eigenvalue weighted by atomic mass is 16.5. The van der Waals surface area contributed by atoms with Crippen molar-refractivity contribution in [2.24, 2.45) is 0 Å². The fourth-order valence-corrected chi connectivity index (χ4v) is 3.72. The molecule has 2 aromatic heterocycles. The highest BCUT2D eigenvalue weighted by Gasteiger charge is 2.33. The van der Waals surface area contributed by atoms with Crippen molar-refractivity contribution >= 4 is 5.91 Å². The molecule has 0 bridgehead atoms. The minimum absolute atomic E-state index is 0.0401. The molecule has 3 heterocycles. The van der Waals surface area contributed by atoms with Crippen molar-refractivity contribution in [2.75, 3.05) is 19.8 Å². The zero-order valence-corrected chi connectivity index (χ0v) is 15.6. The van der Waals surface area contributed by atoms with Gasteiger partial charge in [0.05, 0.1) is 30.6 Å². The van der Waals surface area contributed by atoms with Crippen LogP contribution in [0.4, 0.5) is 0 Å². The monoisotopic (exact) mass is 365 g/mol. The second kappa shape index (κ2) is 7.36. The molecule has 7 nitrogen and oxygen atoms in total. The van der Waals surface area contributed by atoms with Crippen LogP contribution in [0.15, 0.2) is 48.8 Å². The van der Waals surface area contributed by atoms with Gasteiger partial charge in [0, 0.05) is 30.2 Å². The van der Waals surface area contributed by atoms with E-state index in [4.69, 9.17) is 9.84 Å². The van der Waals surface area contributed by atoms with Gasteiger partial charge < -0.3 is 9.64 Å². The van der Waals surface area contributed by atoms with Gasteiger partial charge in [0.2, 0.25) is 5.91 Å². The van der Waals surface area contributed by atoms with Crippen molar-refractivity contribution in [3.63, 3.8) is 0 Å². The van der Waals surface area contributed by atoms with Gasteiger partial charge in [-0.25, -0.2) is 4.68 Å². The maximum atomic E-state index is 12.9. The number of hydrogen-bond donors (Lipinski definition) is 0. The first-order valence-corrected chi connectivity index (χ1v) is 9.11. The zero-order valence-electron chi connectivity index (χ0n) is 15.6. The number of carbonyl (C=O) groups is 1. The van der Waals surface area contributed by atoms with Crippen molar-refractivity contribution in [1.82, 2.24) is 24.5 Å². The molecule has 140 valence electrons. The quantitative estimate of drug-likeness (QED) is 0.712. The molecular weight excluding hydrogens is 342 g/mol. The molecule has 0 spiro atoms. The number of benzene rings is 1. The largest absolute Gasteiger partial charge is 0.377 e. The summed E-state index contributed by atoms with van der Waals surface area (Å²) in [7, 11) is 0. The molecule has 3 aromatic rings. The lowest BCUT2D eigenvalue weighted by Crippen LogP contribution is -2.45. The zero-order chi connectivity index (χ0) is 18.8. The maximum absolute atomic E-state index is 12.9. The van der Waals surface area contributed by atoms with Gasteiger partial charge in [-0.05, 0) is 32.0 Å². The van der Waals surface area contributed by atoms with Crippen molar-refractivity contribution in [1.29, 1.82) is 0 Å². The molecule has 1 saturated heterocycles. The van der Waals surface area contributed by atoms with E-state index in [1.54, 1.807) is 17.1 Å². The van der Waals surface area contributed by atoms with E-state index >= 15 is 0 Å². The molecule has 4 rings (SSSR count). The number of hydrogen-bond acceptors (Lipinski definition) is 4. The number of amides is 1. The Bertz CT molecular complexity index is 918. The highest BCUT2D eigenvalue weighted by Crippen LogP contribution is 2.31. The molecule has 7 heteroatoms. The molecule has 0 aliphatic carbocycles. The Morgan fingerprint density at radius 3 is 2.78 bits per heavy atom. The lowest BCUT2D eigenvalue weighted by atomic mass is 10.0. The van der Waals surface area contributed by atoms with Crippen LogP contribution in [0.2, 0.25) is 0 Å². The standard InChI is InChI=1S/C20H23N5O2/c1-15-20(16(2)25(22-15)17-7-4-3-5-8-17)18-14-27-12-11-24(18)19(26)13-23-10-6-9-21-23/h3-10,18H,11-14H2,1-2H3/t18-/m0/s1. The normalized spacial score (nSPS) is 17.3. The van der Waals surface area contributed by atoms with Gasteiger partial charge in [0.25, 0.3) is 0 Å². The van der Waals surface area contributed by atoms with E-state index in [9.17, 15) is 4.79 Å². The Morgan fingerprint density at radius 2 is 2.04 bits per heavy atom. The maximum Gasteiger partial charge on any atom is 0.244 e. The Kier molecular flexibility index (Phi) is 4.77. The topological polar surface area (TPSA) is 65.2 Å². The fourth-order valence-electron chi connectivity index (χ4n) is 3.72. The molecule has 1 atom stereocenters. The van der Waals surface area contributed by atoms with Crippen LogP contribution >= 0.6 is 0 Å². The average molecular weight is 365 g/mol. The molecule has 0 radical (unpaired) electrons. The fraction of sp³-hybridized carbons (Fsp3) is 0.350. The summed E-state index contributed by atoms with van der Waals surface area (Å²) >= 11 is 0. The molecule has 1 amide bonds. The van der Waals surface area contributed by atoms with E-state index in [-0.39, 0.29) is 18.5 Å². The van der Waals surface area contributed by atoms with Crippen LogP contribution in [-0.2, 0) is 16.1 Å². The van der Waals surface area contributed by atoms with Crippen LogP contribution in [-0.4, -0.2) is 50.1 Å². The van der Waals surface area contributed by atoms with Crippen LogP contribution in [0.3, 0.4) is 0 Å². The van der Waals surface area contributed by atoms with Crippen LogP contribution in [0.5, 0.6) is 0 Å². The lowest BCUT2D eigenvalue weighted by Gasteiger charge is -2.36.